The van der Waals surface area contributed by atoms with Crippen LogP contribution in [0.3, 0.4) is 0 Å². The van der Waals surface area contributed by atoms with Gasteiger partial charge in [-0.2, -0.15) is 0 Å². The van der Waals surface area contributed by atoms with Crippen LogP contribution in [-0.2, 0) is 4.79 Å². The molecule has 4 nitrogen and oxygen atoms in total. The van der Waals surface area contributed by atoms with Crippen LogP contribution < -0.4 is 17.7 Å². The van der Waals surface area contributed by atoms with Crippen LogP contribution in [0.25, 0.3) is 0 Å². The smallest absolute Gasteiger partial charge is 1.00 e. The van der Waals surface area contributed by atoms with Crippen LogP contribution in [0.2, 0.25) is 0 Å². The SMILES string of the molecule is CC1C(=O)C(C)C(c2ccco2)NC1c1ccco1.[Cl-].[H+]. The van der Waals surface area contributed by atoms with Gasteiger partial charge < -0.3 is 21.2 Å². The fourth-order valence-corrected chi connectivity index (χ4v) is 2.82. The Morgan fingerprint density at radius 2 is 1.45 bits per heavy atom. The second-order valence-corrected chi connectivity index (χ2v) is 5.13. The van der Waals surface area contributed by atoms with Crippen molar-refractivity contribution in [1.82, 2.24) is 5.32 Å². The number of piperidine rings is 1. The molecule has 0 amide bonds. The number of halogens is 1. The van der Waals surface area contributed by atoms with Crippen LogP contribution in [0.4, 0.5) is 0 Å². The van der Waals surface area contributed by atoms with Crippen molar-refractivity contribution >= 4 is 5.78 Å². The van der Waals surface area contributed by atoms with Crippen molar-refractivity contribution in [2.75, 3.05) is 0 Å². The highest BCUT2D eigenvalue weighted by molar-refractivity contribution is 5.85. The van der Waals surface area contributed by atoms with E-state index in [1.807, 2.05) is 38.1 Å². The molecule has 2 aromatic rings. The standard InChI is InChI=1S/C15H17NO3.ClH/c1-9-13(11-5-3-7-18-11)16-14(10(2)15(9)17)12-6-4-8-19-12;/h3-10,13-14,16H,1-2H3;1H. The van der Waals surface area contributed by atoms with Gasteiger partial charge in [-0.1, -0.05) is 13.8 Å². The van der Waals surface area contributed by atoms with Crippen molar-refractivity contribution in [2.45, 2.75) is 25.9 Å². The van der Waals surface area contributed by atoms with Gasteiger partial charge in [0.2, 0.25) is 0 Å². The van der Waals surface area contributed by atoms with Crippen LogP contribution >= 0.6 is 0 Å². The fourth-order valence-electron chi connectivity index (χ4n) is 2.82. The summed E-state index contributed by atoms with van der Waals surface area (Å²) in [6.45, 7) is 3.88. The van der Waals surface area contributed by atoms with Gasteiger partial charge in [0, 0.05) is 11.8 Å². The number of nitrogens with one attached hydrogen (secondary N) is 1. The first-order valence-electron chi connectivity index (χ1n) is 6.55. The van der Waals surface area contributed by atoms with Crippen molar-refractivity contribution in [3.05, 3.63) is 48.3 Å². The van der Waals surface area contributed by atoms with Crippen molar-refractivity contribution < 1.29 is 27.5 Å². The van der Waals surface area contributed by atoms with Crippen LogP contribution in [-0.4, -0.2) is 5.78 Å². The number of furan rings is 2. The Bertz CT molecular complexity index is 507. The number of carbonyl (C=O) groups is 1. The van der Waals surface area contributed by atoms with Crippen molar-refractivity contribution in [2.24, 2.45) is 11.8 Å². The average molecular weight is 296 g/mol. The van der Waals surface area contributed by atoms with E-state index in [0.717, 1.165) is 11.5 Å². The number of Topliss-reactive ketones (excluding diaryl/α,β-unsaturated/α-hetero) is 1. The third kappa shape index (κ3) is 2.41. The summed E-state index contributed by atoms with van der Waals surface area (Å²) in [6, 6.07) is 7.28. The van der Waals surface area contributed by atoms with Crippen LogP contribution in [0.1, 0.15) is 38.9 Å². The van der Waals surface area contributed by atoms with E-state index in [9.17, 15) is 4.79 Å². The first kappa shape index (κ1) is 14.9. The quantitative estimate of drug-likeness (QED) is 0.861. The van der Waals surface area contributed by atoms with Crippen molar-refractivity contribution in [3.8, 4) is 0 Å². The second-order valence-electron chi connectivity index (χ2n) is 5.13. The number of carbonyl (C=O) groups excluding carboxylic acids is 1. The molecule has 5 heteroatoms. The zero-order valence-electron chi connectivity index (χ0n) is 12.4. The summed E-state index contributed by atoms with van der Waals surface area (Å²) in [6.07, 6.45) is 3.27. The molecular weight excluding hydrogens is 278 g/mol. The molecule has 1 fully saturated rings. The molecule has 4 unspecified atom stereocenters. The molecule has 0 aliphatic carbocycles. The molecule has 2 aromatic heterocycles. The Labute approximate surface area is 125 Å². The van der Waals surface area contributed by atoms with Gasteiger partial charge in [-0.25, -0.2) is 0 Å². The van der Waals surface area contributed by atoms with E-state index in [1.54, 1.807) is 12.5 Å². The minimum Gasteiger partial charge on any atom is -1.00 e. The monoisotopic (exact) mass is 295 g/mol. The molecule has 3 rings (SSSR count). The lowest BCUT2D eigenvalue weighted by molar-refractivity contribution is -0.131. The molecule has 0 radical (unpaired) electrons. The zero-order valence-corrected chi connectivity index (χ0v) is 12.1. The highest BCUT2D eigenvalue weighted by Gasteiger charge is 2.42. The van der Waals surface area contributed by atoms with Gasteiger partial charge in [0.15, 0.2) is 0 Å². The molecule has 1 N–H and O–H groups in total. The van der Waals surface area contributed by atoms with Crippen molar-refractivity contribution in [3.63, 3.8) is 0 Å². The third-order valence-corrected chi connectivity index (χ3v) is 3.96. The van der Waals surface area contributed by atoms with Gasteiger partial charge >= 0.3 is 1.43 Å². The fraction of sp³-hybridized carbons (Fsp3) is 0.400. The lowest BCUT2D eigenvalue weighted by Gasteiger charge is -2.37. The van der Waals surface area contributed by atoms with Gasteiger partial charge in [-0.05, 0) is 24.3 Å². The van der Waals surface area contributed by atoms with Crippen LogP contribution in [0.5, 0.6) is 0 Å². The molecule has 0 spiro atoms. The topological polar surface area (TPSA) is 55.4 Å². The molecule has 1 aliphatic heterocycles. The van der Waals surface area contributed by atoms with Gasteiger partial charge in [-0.3, -0.25) is 10.1 Å². The number of ketones is 1. The highest BCUT2D eigenvalue weighted by Crippen LogP contribution is 2.38. The Kier molecular flexibility index (Phi) is 4.35. The maximum absolute atomic E-state index is 12.4. The maximum Gasteiger partial charge on any atom is 1.00 e. The Balaban J connectivity index is 0.00000110. The molecule has 1 aliphatic rings. The van der Waals surface area contributed by atoms with Crippen molar-refractivity contribution in [1.29, 1.82) is 0 Å². The van der Waals surface area contributed by atoms with E-state index in [4.69, 9.17) is 8.83 Å². The molecule has 3 heterocycles. The van der Waals surface area contributed by atoms with E-state index in [1.165, 1.54) is 0 Å². The maximum atomic E-state index is 12.4. The summed E-state index contributed by atoms with van der Waals surface area (Å²) in [5.41, 5.74) is 0. The lowest BCUT2D eigenvalue weighted by atomic mass is 9.79. The lowest BCUT2D eigenvalue weighted by Crippen LogP contribution is -3.00. The summed E-state index contributed by atoms with van der Waals surface area (Å²) in [5.74, 6) is 1.62. The van der Waals surface area contributed by atoms with E-state index in [0.29, 0.717) is 0 Å². The van der Waals surface area contributed by atoms with Crippen LogP contribution in [0.15, 0.2) is 45.6 Å². The summed E-state index contributed by atoms with van der Waals surface area (Å²) in [5, 5.41) is 3.48. The summed E-state index contributed by atoms with van der Waals surface area (Å²) < 4.78 is 10.9. The zero-order chi connectivity index (χ0) is 13.4. The molecule has 20 heavy (non-hydrogen) atoms. The first-order valence-corrected chi connectivity index (χ1v) is 6.55. The van der Waals surface area contributed by atoms with Gasteiger partial charge in [0.1, 0.15) is 17.3 Å². The summed E-state index contributed by atoms with van der Waals surface area (Å²) in [4.78, 5) is 12.4. The normalized spacial score (nSPS) is 30.0. The molecular formula is C15H18ClNO3. The Hall–Kier alpha value is -1.52. The largest absolute Gasteiger partial charge is 1.00 e. The molecule has 0 bridgehead atoms. The number of rotatable bonds is 2. The van der Waals surface area contributed by atoms with E-state index in [2.05, 4.69) is 5.32 Å². The van der Waals surface area contributed by atoms with E-state index >= 15 is 0 Å². The van der Waals surface area contributed by atoms with E-state index in [-0.39, 0.29) is 43.5 Å². The van der Waals surface area contributed by atoms with Crippen LogP contribution in [0, 0.1) is 11.8 Å². The van der Waals surface area contributed by atoms with Gasteiger partial charge in [-0.15, -0.1) is 0 Å². The summed E-state index contributed by atoms with van der Waals surface area (Å²) >= 11 is 0. The van der Waals surface area contributed by atoms with E-state index < -0.39 is 0 Å². The second kappa shape index (κ2) is 5.85. The molecule has 108 valence electrons. The number of hydrogen-bond acceptors (Lipinski definition) is 4. The Morgan fingerprint density at radius 1 is 1.00 bits per heavy atom. The molecule has 0 saturated carbocycles. The molecule has 1 saturated heterocycles. The third-order valence-electron chi connectivity index (χ3n) is 3.96. The first-order chi connectivity index (χ1) is 9.18. The average Bonchev–Trinajstić information content (AvgIpc) is 3.08. The minimum atomic E-state index is -0.104. The molecule has 4 atom stereocenters. The summed E-state index contributed by atoms with van der Waals surface area (Å²) in [7, 11) is 0. The van der Waals surface area contributed by atoms with Gasteiger partial charge in [0.05, 0.1) is 24.6 Å². The highest BCUT2D eigenvalue weighted by atomic mass is 35.5. The predicted octanol–water partition coefficient (Wildman–Crippen LogP) is 0.216. The molecule has 0 aromatic carbocycles. The predicted molar refractivity (Wildman–Crippen MR) is 70.5 cm³/mol. The number of hydrogen-bond donors (Lipinski definition) is 1. The minimum absolute atomic E-state index is 0. The van der Waals surface area contributed by atoms with Gasteiger partial charge in [0.25, 0.3) is 0 Å². The Morgan fingerprint density at radius 3 is 1.80 bits per heavy atom.